The van der Waals surface area contributed by atoms with Crippen molar-refractivity contribution in [3.05, 3.63) is 46.6 Å². The number of benzene rings is 1. The number of nitrogens with two attached hydrogens (primary N) is 1. The second kappa shape index (κ2) is 11.4. The minimum atomic E-state index is -0.805. The van der Waals surface area contributed by atoms with Crippen molar-refractivity contribution in [3.63, 3.8) is 0 Å². The highest BCUT2D eigenvalue weighted by Crippen LogP contribution is 2.36. The van der Waals surface area contributed by atoms with Crippen molar-refractivity contribution < 1.29 is 19.1 Å². The smallest absolute Gasteiger partial charge is 0.313 e. The van der Waals surface area contributed by atoms with Gasteiger partial charge in [0, 0.05) is 19.0 Å². The van der Waals surface area contributed by atoms with Gasteiger partial charge in [-0.3, -0.25) is 14.4 Å². The van der Waals surface area contributed by atoms with Crippen molar-refractivity contribution in [2.24, 2.45) is 11.7 Å². The monoisotopic (exact) mass is 538 g/mol. The number of primary amides is 1. The molecule has 11 heteroatoms. The average Bonchev–Trinajstić information content (AvgIpc) is 3.31. The topological polar surface area (TPSA) is 131 Å². The third-order valence-corrected chi connectivity index (χ3v) is 7.98. The third kappa shape index (κ3) is 5.94. The summed E-state index contributed by atoms with van der Waals surface area (Å²) >= 11 is 1.69. The Hall–Kier alpha value is -3.57. The van der Waals surface area contributed by atoms with E-state index in [2.05, 4.69) is 49.2 Å². The van der Waals surface area contributed by atoms with Gasteiger partial charge < -0.3 is 25.6 Å². The van der Waals surface area contributed by atoms with E-state index in [-0.39, 0.29) is 29.1 Å². The van der Waals surface area contributed by atoms with Crippen LogP contribution < -0.4 is 15.8 Å². The molecule has 1 aliphatic heterocycles. The van der Waals surface area contributed by atoms with Crippen LogP contribution in [0.4, 0.5) is 5.69 Å². The van der Waals surface area contributed by atoms with E-state index in [4.69, 9.17) is 15.5 Å². The van der Waals surface area contributed by atoms with Gasteiger partial charge in [0.1, 0.15) is 5.56 Å². The zero-order chi connectivity index (χ0) is 27.6. The molecule has 3 amide bonds. The van der Waals surface area contributed by atoms with Crippen molar-refractivity contribution in [1.29, 1.82) is 0 Å². The molecule has 1 fully saturated rings. The van der Waals surface area contributed by atoms with Gasteiger partial charge in [0.25, 0.3) is 5.91 Å². The molecule has 0 bridgehead atoms. The van der Waals surface area contributed by atoms with Crippen LogP contribution in [-0.2, 0) is 9.59 Å². The third-order valence-electron chi connectivity index (χ3n) is 6.71. The minimum Gasteiger partial charge on any atom is -0.480 e. The first kappa shape index (κ1) is 27.5. The number of thiazole rings is 1. The van der Waals surface area contributed by atoms with Crippen LogP contribution in [0, 0.1) is 5.92 Å². The quantitative estimate of drug-likeness (QED) is 0.441. The van der Waals surface area contributed by atoms with Gasteiger partial charge in [-0.1, -0.05) is 19.9 Å². The number of carbonyl (C=O) groups is 3. The highest BCUT2D eigenvalue weighted by atomic mass is 32.1. The number of pyridine rings is 1. The number of ether oxygens (including phenoxy) is 1. The van der Waals surface area contributed by atoms with Crippen LogP contribution >= 0.6 is 11.3 Å². The maximum atomic E-state index is 13.4. The Labute approximate surface area is 226 Å². The normalized spacial score (nSPS) is 18.4. The van der Waals surface area contributed by atoms with Crippen molar-refractivity contribution in [2.45, 2.75) is 38.6 Å². The van der Waals surface area contributed by atoms with Crippen LogP contribution in [-0.4, -0.2) is 71.8 Å². The summed E-state index contributed by atoms with van der Waals surface area (Å²) in [7, 11) is 5.47. The number of rotatable bonds is 7. The lowest BCUT2D eigenvalue weighted by atomic mass is 9.89. The number of fused-ring (bicyclic) bond motifs is 1. The average molecular weight is 539 g/mol. The Morgan fingerprint density at radius 2 is 2.03 bits per heavy atom. The number of nitrogens with one attached hydrogen (secondary N) is 1. The largest absolute Gasteiger partial charge is 0.480 e. The number of hydrogen-bond acceptors (Lipinski definition) is 8. The van der Waals surface area contributed by atoms with Crippen LogP contribution in [0.5, 0.6) is 5.88 Å². The molecule has 3 atom stereocenters. The molecular weight excluding hydrogens is 504 g/mol. The molecule has 2 aromatic heterocycles. The first-order valence-corrected chi connectivity index (χ1v) is 13.4. The van der Waals surface area contributed by atoms with Crippen LogP contribution in [0.15, 0.2) is 30.5 Å². The van der Waals surface area contributed by atoms with Crippen molar-refractivity contribution in [3.8, 4) is 5.88 Å². The summed E-state index contributed by atoms with van der Waals surface area (Å²) in [4.78, 5) is 50.8. The molecule has 202 valence electrons. The van der Waals surface area contributed by atoms with Gasteiger partial charge in [-0.25, -0.2) is 9.97 Å². The lowest BCUT2D eigenvalue weighted by molar-refractivity contribution is -0.146. The Balaban J connectivity index is 1.56. The van der Waals surface area contributed by atoms with Gasteiger partial charge in [0.15, 0.2) is 0 Å². The summed E-state index contributed by atoms with van der Waals surface area (Å²) in [5.74, 6) is -1.58. The van der Waals surface area contributed by atoms with Gasteiger partial charge >= 0.3 is 11.8 Å². The number of amides is 3. The summed E-state index contributed by atoms with van der Waals surface area (Å²) in [6.45, 7) is 5.62. The number of anilines is 1. The molecule has 38 heavy (non-hydrogen) atoms. The van der Waals surface area contributed by atoms with Crippen LogP contribution in [0.25, 0.3) is 10.2 Å². The predicted molar refractivity (Wildman–Crippen MR) is 147 cm³/mol. The molecular formula is C27H34N6O4S. The number of likely N-dealkylation sites (N-methyl/N-ethyl adjacent to an activating group) is 1. The first-order valence-electron chi connectivity index (χ1n) is 12.6. The predicted octanol–water partition coefficient (Wildman–Crippen LogP) is 3.40. The lowest BCUT2D eigenvalue weighted by Crippen LogP contribution is -2.46. The van der Waals surface area contributed by atoms with E-state index in [1.165, 1.54) is 19.4 Å². The second-order valence-electron chi connectivity index (χ2n) is 10.2. The zero-order valence-electron chi connectivity index (χ0n) is 22.4. The Kier molecular flexibility index (Phi) is 8.27. The molecule has 0 saturated carbocycles. The fourth-order valence-corrected chi connectivity index (χ4v) is 5.89. The Bertz CT molecular complexity index is 1360. The maximum Gasteiger partial charge on any atom is 0.313 e. The lowest BCUT2D eigenvalue weighted by Gasteiger charge is -2.38. The Morgan fingerprint density at radius 3 is 2.71 bits per heavy atom. The molecule has 3 aromatic rings. The van der Waals surface area contributed by atoms with Crippen molar-refractivity contribution >= 4 is 45.0 Å². The maximum absolute atomic E-state index is 13.4. The van der Waals surface area contributed by atoms with E-state index in [0.29, 0.717) is 12.5 Å². The van der Waals surface area contributed by atoms with Crippen LogP contribution in [0.1, 0.15) is 59.6 Å². The van der Waals surface area contributed by atoms with Gasteiger partial charge in [-0.2, -0.15) is 0 Å². The molecule has 1 aromatic carbocycles. The molecule has 1 saturated heterocycles. The molecule has 0 radical (unpaired) electrons. The fourth-order valence-electron chi connectivity index (χ4n) is 4.90. The van der Waals surface area contributed by atoms with E-state index >= 15 is 0 Å². The first-order chi connectivity index (χ1) is 18.1. The minimum absolute atomic E-state index is 0.0121. The standard InChI is InChI=1S/C27H34N6O4S/c1-15-6-8-21(17-7-9-22-20(10-17)31-26(38-22)16(2)14-32(3)4)33(13-15)27(36)24(35)30-18-11-19(23(28)34)25(37-5)29-12-18/h7,9-12,15-16,21H,6,8,13-14H2,1-5H3,(H2,28,34)(H,30,35)/t15-,16+,21+/m0/s1. The number of likely N-dealkylation sites (tertiary alicyclic amines) is 1. The Morgan fingerprint density at radius 1 is 1.26 bits per heavy atom. The molecule has 0 aliphatic carbocycles. The summed E-state index contributed by atoms with van der Waals surface area (Å²) < 4.78 is 6.14. The zero-order valence-corrected chi connectivity index (χ0v) is 23.2. The van der Waals surface area contributed by atoms with Gasteiger partial charge in [-0.05, 0) is 56.6 Å². The van der Waals surface area contributed by atoms with Crippen molar-refractivity contribution in [2.75, 3.05) is 39.6 Å². The highest BCUT2D eigenvalue weighted by Gasteiger charge is 2.34. The van der Waals surface area contributed by atoms with E-state index < -0.39 is 17.7 Å². The summed E-state index contributed by atoms with van der Waals surface area (Å²) in [5, 5.41) is 3.64. The van der Waals surface area contributed by atoms with E-state index in [1.54, 1.807) is 16.2 Å². The second-order valence-corrected chi connectivity index (χ2v) is 11.3. The number of methoxy groups -OCH3 is 1. The summed E-state index contributed by atoms with van der Waals surface area (Å²) in [6, 6.07) is 7.24. The number of carbonyl (C=O) groups excluding carboxylic acids is 3. The molecule has 1 aliphatic rings. The van der Waals surface area contributed by atoms with Crippen LogP contribution in [0.2, 0.25) is 0 Å². The van der Waals surface area contributed by atoms with Gasteiger partial charge in [0.05, 0.1) is 40.3 Å². The molecule has 10 nitrogen and oxygen atoms in total. The van der Waals surface area contributed by atoms with E-state index in [1.807, 2.05) is 12.1 Å². The van der Waals surface area contributed by atoms with Crippen LogP contribution in [0.3, 0.4) is 0 Å². The SMILES string of the molecule is COc1ncc(NC(=O)C(=O)N2C[C@@H](C)CC[C@@H]2c2ccc3sc([C@H](C)CN(C)C)nc3c2)cc1C(N)=O. The van der Waals surface area contributed by atoms with Gasteiger partial charge in [-0.15, -0.1) is 11.3 Å². The van der Waals surface area contributed by atoms with E-state index in [0.717, 1.165) is 40.2 Å². The molecule has 0 spiro atoms. The number of hydrogen-bond donors (Lipinski definition) is 2. The fraction of sp³-hybridized carbons (Fsp3) is 0.444. The molecule has 3 heterocycles. The number of aromatic nitrogens is 2. The van der Waals surface area contributed by atoms with E-state index in [9.17, 15) is 14.4 Å². The molecule has 0 unspecified atom stereocenters. The number of nitrogens with zero attached hydrogens (tertiary/aromatic N) is 4. The highest BCUT2D eigenvalue weighted by molar-refractivity contribution is 7.18. The summed E-state index contributed by atoms with van der Waals surface area (Å²) in [5.41, 5.74) is 7.46. The van der Waals surface area contributed by atoms with Crippen molar-refractivity contribution in [1.82, 2.24) is 19.8 Å². The molecule has 3 N–H and O–H groups in total. The van der Waals surface area contributed by atoms with Gasteiger partial charge in [0.2, 0.25) is 5.88 Å². The summed E-state index contributed by atoms with van der Waals surface area (Å²) in [6.07, 6.45) is 3.01. The number of piperidine rings is 1. The molecule has 4 rings (SSSR count).